The van der Waals surface area contributed by atoms with Gasteiger partial charge in [0.1, 0.15) is 17.3 Å². The normalized spacial score (nSPS) is 19.7. The Bertz CT molecular complexity index is 1400. The van der Waals surface area contributed by atoms with Crippen molar-refractivity contribution < 1.29 is 14.4 Å². The highest BCUT2D eigenvalue weighted by Crippen LogP contribution is 2.36. The standard InChI is InChI=1S/C26H21NO4/c1-15-19-13-20-16(2)25(24(27-29)18-11-7-4-8-12-18)30-21(20)14-22(19)31-26(28)23(15)17-9-5-3-6-10-17/h3-14,20-21,29H,1-2H3/b27-24-/t20-,21+/m0/s1. The van der Waals surface area contributed by atoms with E-state index in [1.165, 1.54) is 0 Å². The van der Waals surface area contributed by atoms with Crippen molar-refractivity contribution in [2.75, 3.05) is 0 Å². The van der Waals surface area contributed by atoms with Crippen LogP contribution in [0.5, 0.6) is 0 Å². The lowest BCUT2D eigenvalue weighted by Gasteiger charge is -2.18. The third-order valence-electron chi connectivity index (χ3n) is 6.00. The van der Waals surface area contributed by atoms with E-state index < -0.39 is 0 Å². The van der Waals surface area contributed by atoms with Crippen molar-refractivity contribution in [3.05, 3.63) is 104 Å². The van der Waals surface area contributed by atoms with E-state index in [0.29, 0.717) is 22.4 Å². The molecular weight excluding hydrogens is 390 g/mol. The first-order valence-electron chi connectivity index (χ1n) is 10.2. The quantitative estimate of drug-likeness (QED) is 0.408. The molecule has 1 aromatic heterocycles. The van der Waals surface area contributed by atoms with Gasteiger partial charge >= 0.3 is 5.63 Å². The molecule has 0 bridgehead atoms. The molecule has 2 heterocycles. The van der Waals surface area contributed by atoms with Crippen LogP contribution in [0.3, 0.4) is 0 Å². The summed E-state index contributed by atoms with van der Waals surface area (Å²) in [4.78, 5) is 12.8. The Morgan fingerprint density at radius 2 is 1.65 bits per heavy atom. The molecule has 0 fully saturated rings. The van der Waals surface area contributed by atoms with E-state index >= 15 is 0 Å². The van der Waals surface area contributed by atoms with Crippen LogP contribution >= 0.6 is 0 Å². The minimum atomic E-state index is -0.365. The average molecular weight is 411 g/mol. The first-order valence-corrected chi connectivity index (χ1v) is 10.2. The third kappa shape index (κ3) is 3.10. The number of hydrogen-bond donors (Lipinski definition) is 1. The fourth-order valence-electron chi connectivity index (χ4n) is 4.41. The average Bonchev–Trinajstić information content (AvgIpc) is 3.10. The number of oxime groups is 1. The molecule has 1 aliphatic heterocycles. The van der Waals surface area contributed by atoms with Gasteiger partial charge in [-0.15, -0.1) is 0 Å². The van der Waals surface area contributed by atoms with E-state index in [4.69, 9.17) is 9.15 Å². The van der Waals surface area contributed by atoms with Gasteiger partial charge in [-0.25, -0.2) is 4.79 Å². The molecule has 31 heavy (non-hydrogen) atoms. The van der Waals surface area contributed by atoms with Crippen molar-refractivity contribution in [1.29, 1.82) is 0 Å². The molecule has 1 N–H and O–H groups in total. The van der Waals surface area contributed by atoms with E-state index in [1.807, 2.05) is 80.6 Å². The Morgan fingerprint density at radius 1 is 0.968 bits per heavy atom. The molecule has 2 atom stereocenters. The topological polar surface area (TPSA) is 72.0 Å². The van der Waals surface area contributed by atoms with Crippen LogP contribution in [0.15, 0.2) is 86.4 Å². The monoisotopic (exact) mass is 411 g/mol. The molecule has 0 radical (unpaired) electrons. The van der Waals surface area contributed by atoms with Gasteiger partial charge in [-0.1, -0.05) is 71.9 Å². The molecule has 3 aromatic rings. The van der Waals surface area contributed by atoms with Crippen LogP contribution in [-0.2, 0) is 4.74 Å². The zero-order chi connectivity index (χ0) is 21.5. The lowest BCUT2D eigenvalue weighted by atomic mass is 9.89. The summed E-state index contributed by atoms with van der Waals surface area (Å²) in [6, 6.07) is 19.0. The first kappa shape index (κ1) is 19.1. The zero-order valence-corrected chi connectivity index (χ0v) is 17.2. The van der Waals surface area contributed by atoms with Gasteiger partial charge in [0.2, 0.25) is 0 Å². The van der Waals surface area contributed by atoms with Gasteiger partial charge in [-0.05, 0) is 30.5 Å². The molecule has 0 unspecified atom stereocenters. The maximum absolute atomic E-state index is 12.8. The van der Waals surface area contributed by atoms with Gasteiger partial charge in [0.25, 0.3) is 0 Å². The number of fused-ring (bicyclic) bond motifs is 2. The van der Waals surface area contributed by atoms with Crippen LogP contribution in [0, 0.1) is 12.8 Å². The summed E-state index contributed by atoms with van der Waals surface area (Å²) in [6.45, 7) is 3.93. The minimum Gasteiger partial charge on any atom is -0.483 e. The smallest absolute Gasteiger partial charge is 0.344 e. The van der Waals surface area contributed by atoms with E-state index in [-0.39, 0.29) is 17.6 Å². The van der Waals surface area contributed by atoms with Gasteiger partial charge in [-0.2, -0.15) is 0 Å². The largest absolute Gasteiger partial charge is 0.483 e. The van der Waals surface area contributed by atoms with Crippen molar-refractivity contribution in [1.82, 2.24) is 0 Å². The van der Waals surface area contributed by atoms with Gasteiger partial charge < -0.3 is 14.4 Å². The van der Waals surface area contributed by atoms with Crippen molar-refractivity contribution >= 4 is 17.9 Å². The summed E-state index contributed by atoms with van der Waals surface area (Å²) < 4.78 is 11.9. The number of hydrogen-bond acceptors (Lipinski definition) is 5. The lowest BCUT2D eigenvalue weighted by Crippen LogP contribution is -2.39. The van der Waals surface area contributed by atoms with Crippen molar-refractivity contribution in [2.24, 2.45) is 11.1 Å². The van der Waals surface area contributed by atoms with Gasteiger partial charge in [0.15, 0.2) is 5.71 Å². The molecule has 0 amide bonds. The van der Waals surface area contributed by atoms with Crippen LogP contribution in [0.1, 0.15) is 18.1 Å². The number of allylic oxidation sites excluding steroid dienone is 1. The summed E-state index contributed by atoms with van der Waals surface area (Å²) >= 11 is 0. The molecule has 1 aliphatic carbocycles. The van der Waals surface area contributed by atoms with Crippen LogP contribution in [0.25, 0.3) is 23.3 Å². The Labute approximate surface area is 178 Å². The maximum atomic E-state index is 12.8. The number of rotatable bonds is 3. The van der Waals surface area contributed by atoms with Crippen molar-refractivity contribution in [3.63, 3.8) is 0 Å². The van der Waals surface area contributed by atoms with E-state index in [0.717, 1.165) is 27.5 Å². The second-order valence-corrected chi connectivity index (χ2v) is 7.80. The summed E-state index contributed by atoms with van der Waals surface area (Å²) in [5.74, 6) is 0.505. The Kier molecular flexibility index (Phi) is 4.59. The molecule has 0 saturated carbocycles. The minimum absolute atomic E-state index is 0.0435. The lowest BCUT2D eigenvalue weighted by molar-refractivity contribution is 0.191. The summed E-state index contributed by atoms with van der Waals surface area (Å²) in [7, 11) is 0. The summed E-state index contributed by atoms with van der Waals surface area (Å²) in [5.41, 5.74) is 4.57. The Morgan fingerprint density at radius 3 is 2.32 bits per heavy atom. The molecular formula is C26H21NO4. The molecule has 5 nitrogen and oxygen atoms in total. The van der Waals surface area contributed by atoms with E-state index in [1.54, 1.807) is 0 Å². The Balaban J connectivity index is 1.65. The van der Waals surface area contributed by atoms with Crippen LogP contribution < -0.4 is 16.3 Å². The maximum Gasteiger partial charge on any atom is 0.344 e. The van der Waals surface area contributed by atoms with Crippen molar-refractivity contribution in [3.8, 4) is 11.1 Å². The second kappa shape index (κ2) is 7.43. The molecule has 5 rings (SSSR count). The first-order chi connectivity index (χ1) is 15.1. The van der Waals surface area contributed by atoms with Crippen LogP contribution in [-0.4, -0.2) is 17.0 Å². The molecule has 154 valence electrons. The molecule has 5 heteroatoms. The van der Waals surface area contributed by atoms with Crippen LogP contribution in [0.4, 0.5) is 0 Å². The fourth-order valence-corrected chi connectivity index (χ4v) is 4.41. The molecule has 2 aliphatic rings. The number of ether oxygens (including phenoxy) is 1. The van der Waals surface area contributed by atoms with E-state index in [9.17, 15) is 10.0 Å². The highest BCUT2D eigenvalue weighted by atomic mass is 16.5. The highest BCUT2D eigenvalue weighted by Gasteiger charge is 2.36. The molecule has 2 aromatic carbocycles. The summed E-state index contributed by atoms with van der Waals surface area (Å²) in [5, 5.41) is 14.1. The predicted molar refractivity (Wildman–Crippen MR) is 119 cm³/mol. The van der Waals surface area contributed by atoms with Crippen molar-refractivity contribution in [2.45, 2.75) is 20.0 Å². The fraction of sp³-hybridized carbons (Fsp3) is 0.154. The number of nitrogens with zero attached hydrogens (tertiary/aromatic N) is 1. The van der Waals surface area contributed by atoms with Crippen LogP contribution in [0.2, 0.25) is 0 Å². The predicted octanol–water partition coefficient (Wildman–Crippen LogP) is 3.36. The molecule has 0 saturated heterocycles. The molecule has 0 spiro atoms. The second-order valence-electron chi connectivity index (χ2n) is 7.80. The Hall–Kier alpha value is -3.86. The van der Waals surface area contributed by atoms with Gasteiger partial charge in [-0.3, -0.25) is 0 Å². The summed E-state index contributed by atoms with van der Waals surface area (Å²) in [6.07, 6.45) is 3.61. The highest BCUT2D eigenvalue weighted by molar-refractivity contribution is 6.12. The van der Waals surface area contributed by atoms with E-state index in [2.05, 4.69) is 11.2 Å². The zero-order valence-electron chi connectivity index (χ0n) is 17.2. The number of benzene rings is 2. The SMILES string of the molecule is CC1=C(/C(=N\O)c2ccccc2)O[C@@H]2C=c3oc(=O)c(-c4ccccc4)c(C)c3=C[C@@H]12. The third-order valence-corrected chi connectivity index (χ3v) is 6.00. The van der Waals surface area contributed by atoms with Gasteiger partial charge in [0, 0.05) is 22.8 Å². The van der Waals surface area contributed by atoms with Gasteiger partial charge in [0.05, 0.1) is 5.56 Å².